The maximum absolute atomic E-state index is 6.11. The second-order valence-electron chi connectivity index (χ2n) is 8.08. The van der Waals surface area contributed by atoms with Crippen LogP contribution >= 0.6 is 0 Å². The molecule has 0 unspecified atom stereocenters. The number of fused-ring (bicyclic) bond motifs is 1. The van der Waals surface area contributed by atoms with Gasteiger partial charge in [0, 0.05) is 6.07 Å². The zero-order chi connectivity index (χ0) is 24.1. The molecule has 34 heavy (non-hydrogen) atoms. The average Bonchev–Trinajstić information content (AvgIpc) is 3.04. The van der Waals surface area contributed by atoms with Crippen molar-refractivity contribution in [2.24, 2.45) is 4.99 Å². The van der Waals surface area contributed by atoms with Gasteiger partial charge in [-0.1, -0.05) is 25.1 Å². The predicted octanol–water partition coefficient (Wildman–Crippen LogP) is 7.15. The maximum Gasteiger partial charge on any atom is 0.131 e. The molecule has 1 aromatic heterocycles. The third-order valence-corrected chi connectivity index (χ3v) is 5.60. The molecule has 0 spiro atoms. The molecule has 4 rings (SSSR count). The highest BCUT2D eigenvalue weighted by molar-refractivity contribution is 5.93. The molecule has 1 heterocycles. The summed E-state index contributed by atoms with van der Waals surface area (Å²) >= 11 is 0. The number of aryl methyl sites for hydroxylation is 2. The van der Waals surface area contributed by atoms with Gasteiger partial charge in [-0.15, -0.1) is 0 Å². The summed E-state index contributed by atoms with van der Waals surface area (Å²) in [6.45, 7) is 9.27. The first kappa shape index (κ1) is 23.4. The molecule has 5 nitrogen and oxygen atoms in total. The fraction of sp³-hybridized carbons (Fsp3) is 0.276. The van der Waals surface area contributed by atoms with Crippen LogP contribution in [-0.2, 0) is 0 Å². The molecule has 0 aliphatic rings. The van der Waals surface area contributed by atoms with Gasteiger partial charge in [-0.25, -0.2) is 4.99 Å². The molecule has 0 fully saturated rings. The Morgan fingerprint density at radius 2 is 1.56 bits per heavy atom. The summed E-state index contributed by atoms with van der Waals surface area (Å²) in [4.78, 5) is 5.02. The average molecular weight is 458 g/mol. The van der Waals surface area contributed by atoms with Gasteiger partial charge in [-0.2, -0.15) is 0 Å². The van der Waals surface area contributed by atoms with Crippen molar-refractivity contribution in [3.8, 4) is 28.4 Å². The first-order valence-electron chi connectivity index (χ1n) is 11.7. The molecule has 3 aromatic carbocycles. The second kappa shape index (κ2) is 10.5. The van der Waals surface area contributed by atoms with Gasteiger partial charge < -0.3 is 18.6 Å². The minimum absolute atomic E-state index is 0.550. The smallest absolute Gasteiger partial charge is 0.131 e. The summed E-state index contributed by atoms with van der Waals surface area (Å²) in [5.41, 5.74) is 2.86. The van der Waals surface area contributed by atoms with Crippen molar-refractivity contribution >= 4 is 16.5 Å². The molecule has 0 bridgehead atoms. The van der Waals surface area contributed by atoms with Crippen LogP contribution in [0.3, 0.4) is 0 Å². The van der Waals surface area contributed by atoms with Crippen LogP contribution in [0, 0.1) is 13.8 Å². The fourth-order valence-corrected chi connectivity index (χ4v) is 4.07. The minimum Gasteiger partial charge on any atom is -0.497 e. The molecule has 4 aromatic rings. The van der Waals surface area contributed by atoms with E-state index in [4.69, 9.17) is 23.6 Å². The quantitative estimate of drug-likeness (QED) is 0.282. The van der Waals surface area contributed by atoms with E-state index < -0.39 is 0 Å². The Hall–Kier alpha value is -3.73. The lowest BCUT2D eigenvalue weighted by molar-refractivity contribution is 0.317. The molecule has 0 radical (unpaired) electrons. The number of methoxy groups -OCH3 is 1. The molecule has 0 amide bonds. The summed E-state index contributed by atoms with van der Waals surface area (Å²) in [6.07, 6.45) is 0.975. The Balaban J connectivity index is 1.99. The number of hydrogen-bond donors (Lipinski definition) is 0. The Kier molecular flexibility index (Phi) is 7.21. The van der Waals surface area contributed by atoms with Crippen molar-refractivity contribution in [3.63, 3.8) is 0 Å². The molecule has 0 atom stereocenters. The Bertz CT molecular complexity index is 1350. The van der Waals surface area contributed by atoms with Gasteiger partial charge in [-0.3, -0.25) is 0 Å². The van der Waals surface area contributed by atoms with Crippen LogP contribution in [0.2, 0.25) is 0 Å². The molecule has 0 saturated heterocycles. The molecular formula is C29H31NO4. The molecule has 0 N–H and O–H groups in total. The van der Waals surface area contributed by atoms with E-state index in [0.717, 1.165) is 68.1 Å². The molecule has 0 saturated carbocycles. The van der Waals surface area contributed by atoms with Crippen molar-refractivity contribution in [2.45, 2.75) is 34.1 Å². The summed E-state index contributed by atoms with van der Waals surface area (Å²) in [7, 11) is 1.66. The third kappa shape index (κ3) is 4.93. The van der Waals surface area contributed by atoms with E-state index in [1.54, 1.807) is 7.11 Å². The lowest BCUT2D eigenvalue weighted by Gasteiger charge is -2.07. The molecule has 0 aliphatic heterocycles. The lowest BCUT2D eigenvalue weighted by atomic mass is 10.1. The van der Waals surface area contributed by atoms with Crippen molar-refractivity contribution in [3.05, 3.63) is 77.5 Å². The van der Waals surface area contributed by atoms with E-state index in [1.807, 2.05) is 57.2 Å². The number of furan rings is 1. The number of ether oxygens (including phenoxy) is 3. The van der Waals surface area contributed by atoms with E-state index in [-0.39, 0.29) is 0 Å². The second-order valence-corrected chi connectivity index (χ2v) is 8.08. The maximum atomic E-state index is 6.11. The van der Waals surface area contributed by atoms with Crippen LogP contribution in [-0.4, -0.2) is 20.3 Å². The van der Waals surface area contributed by atoms with Gasteiger partial charge in [0.25, 0.3) is 0 Å². The molecular weight excluding hydrogens is 426 g/mol. The highest BCUT2D eigenvalue weighted by Gasteiger charge is 2.16. The molecule has 0 aliphatic carbocycles. The predicted molar refractivity (Wildman–Crippen MR) is 136 cm³/mol. The standard InChI is InChI=1S/C29H31NO4/c1-6-15-33-24-13-11-21(12-14-24)22-16-26(30-23-9-8-10-25(18-23)31-5)28-19(3)34-20(4)29(28)27(17-22)32-7-2/h8-14,16-18H,6-7,15H2,1-5H3. The topological polar surface area (TPSA) is 53.2 Å². The van der Waals surface area contributed by atoms with E-state index in [9.17, 15) is 0 Å². The molecule has 176 valence electrons. The number of nitrogens with zero attached hydrogens (tertiary/aromatic N) is 1. The van der Waals surface area contributed by atoms with E-state index in [2.05, 4.69) is 31.2 Å². The first-order valence-corrected chi connectivity index (χ1v) is 11.7. The summed E-state index contributed by atoms with van der Waals surface area (Å²) in [6, 6.07) is 20.0. The lowest BCUT2D eigenvalue weighted by Crippen LogP contribution is -2.00. The highest BCUT2D eigenvalue weighted by Crippen LogP contribution is 2.34. The van der Waals surface area contributed by atoms with Crippen LogP contribution in [0.5, 0.6) is 17.2 Å². The van der Waals surface area contributed by atoms with Gasteiger partial charge >= 0.3 is 0 Å². The number of benzene rings is 2. The van der Waals surface area contributed by atoms with Crippen molar-refractivity contribution < 1.29 is 18.6 Å². The number of hydrogen-bond acceptors (Lipinski definition) is 5. The Morgan fingerprint density at radius 3 is 2.26 bits per heavy atom. The van der Waals surface area contributed by atoms with E-state index >= 15 is 0 Å². The van der Waals surface area contributed by atoms with Crippen LogP contribution in [0.15, 0.2) is 70.1 Å². The number of rotatable bonds is 8. The van der Waals surface area contributed by atoms with Crippen LogP contribution in [0.25, 0.3) is 21.9 Å². The van der Waals surface area contributed by atoms with Crippen molar-refractivity contribution in [1.82, 2.24) is 0 Å². The summed E-state index contributed by atoms with van der Waals surface area (Å²) in [5, 5.41) is 2.69. The van der Waals surface area contributed by atoms with Crippen LogP contribution in [0.1, 0.15) is 31.8 Å². The van der Waals surface area contributed by atoms with E-state index in [0.29, 0.717) is 13.2 Å². The minimum atomic E-state index is 0.550. The van der Waals surface area contributed by atoms with Gasteiger partial charge in [0.2, 0.25) is 0 Å². The van der Waals surface area contributed by atoms with Gasteiger partial charge in [0.05, 0.1) is 42.1 Å². The van der Waals surface area contributed by atoms with Crippen molar-refractivity contribution in [1.29, 1.82) is 0 Å². The van der Waals surface area contributed by atoms with Crippen LogP contribution < -0.4 is 19.6 Å². The van der Waals surface area contributed by atoms with Gasteiger partial charge in [-0.05, 0) is 74.7 Å². The molecule has 5 heteroatoms. The SMILES string of the molecule is CCCOc1ccc(-c2cc(OCC)c3c(C)oc(C)c3c(=Nc3cccc(OC)c3)c2)cc1. The third-order valence-electron chi connectivity index (χ3n) is 5.60. The summed E-state index contributed by atoms with van der Waals surface area (Å²) in [5.74, 6) is 4.02. The first-order chi connectivity index (χ1) is 16.5. The van der Waals surface area contributed by atoms with Crippen LogP contribution in [0.4, 0.5) is 5.69 Å². The fourth-order valence-electron chi connectivity index (χ4n) is 4.07. The van der Waals surface area contributed by atoms with Gasteiger partial charge in [0.1, 0.15) is 28.8 Å². The normalized spacial score (nSPS) is 11.6. The Morgan fingerprint density at radius 1 is 0.794 bits per heavy atom. The largest absolute Gasteiger partial charge is 0.497 e. The monoisotopic (exact) mass is 457 g/mol. The van der Waals surface area contributed by atoms with Gasteiger partial charge in [0.15, 0.2) is 0 Å². The van der Waals surface area contributed by atoms with E-state index in [1.165, 1.54) is 0 Å². The zero-order valence-electron chi connectivity index (χ0n) is 20.5. The summed E-state index contributed by atoms with van der Waals surface area (Å²) < 4.78 is 23.3. The van der Waals surface area contributed by atoms with Crippen molar-refractivity contribution in [2.75, 3.05) is 20.3 Å². The zero-order valence-corrected chi connectivity index (χ0v) is 20.5. The Labute approximate surface area is 200 Å². The highest BCUT2D eigenvalue weighted by atomic mass is 16.5.